The van der Waals surface area contributed by atoms with Crippen molar-refractivity contribution in [3.8, 4) is 22.8 Å². The summed E-state index contributed by atoms with van der Waals surface area (Å²) in [4.78, 5) is 14.5. The lowest BCUT2D eigenvalue weighted by Gasteiger charge is -2.18. The maximum Gasteiger partial charge on any atom is 0.253 e. The highest BCUT2D eigenvalue weighted by atomic mass is 19.1. The number of benzene rings is 2. The molecule has 0 atom stereocenters. The van der Waals surface area contributed by atoms with Crippen LogP contribution >= 0.6 is 0 Å². The molecule has 0 fully saturated rings. The van der Waals surface area contributed by atoms with E-state index in [1.54, 1.807) is 42.3 Å². The third kappa shape index (κ3) is 6.09. The summed E-state index contributed by atoms with van der Waals surface area (Å²) in [5.41, 5.74) is 3.34. The topological polar surface area (TPSA) is 67.5 Å². The van der Waals surface area contributed by atoms with Gasteiger partial charge in [-0.25, -0.2) is 4.39 Å². The molecule has 0 aliphatic rings. The van der Waals surface area contributed by atoms with Gasteiger partial charge in [0.1, 0.15) is 5.82 Å². The number of aromatic nitrogens is 2. The number of carbonyl (C=O) groups is 1. The zero-order valence-corrected chi connectivity index (χ0v) is 18.9. The number of carbonyl (C=O) groups excluding carboxylic acids is 1. The first-order chi connectivity index (χ1) is 15.5. The van der Waals surface area contributed by atoms with Gasteiger partial charge in [-0.2, -0.15) is 5.10 Å². The van der Waals surface area contributed by atoms with E-state index >= 15 is 0 Å². The summed E-state index contributed by atoms with van der Waals surface area (Å²) in [5.74, 6) is 0.903. The van der Waals surface area contributed by atoms with Gasteiger partial charge in [0.05, 0.1) is 19.4 Å². The highest BCUT2D eigenvalue weighted by Crippen LogP contribution is 2.28. The number of ether oxygens (including phenoxy) is 2. The van der Waals surface area contributed by atoms with Gasteiger partial charge in [0.15, 0.2) is 11.5 Å². The van der Waals surface area contributed by atoms with E-state index in [1.165, 1.54) is 12.1 Å². The fourth-order valence-electron chi connectivity index (χ4n) is 3.50. The van der Waals surface area contributed by atoms with Crippen molar-refractivity contribution in [1.82, 2.24) is 15.1 Å². The van der Waals surface area contributed by atoms with Crippen molar-refractivity contribution in [3.05, 3.63) is 65.6 Å². The SMILES string of the molecule is CCOc1ccc(C(=O)N(C)CCCCCc2cc(-c3ccc(F)cc3)n[nH]2)cc1OC. The van der Waals surface area contributed by atoms with E-state index in [4.69, 9.17) is 9.47 Å². The molecule has 1 aromatic heterocycles. The number of amides is 1. The third-order valence-corrected chi connectivity index (χ3v) is 5.27. The molecule has 0 aliphatic carbocycles. The lowest BCUT2D eigenvalue weighted by Crippen LogP contribution is -2.27. The Kier molecular flexibility index (Phi) is 8.25. The molecule has 1 amide bonds. The second-order valence-corrected chi connectivity index (χ2v) is 7.62. The van der Waals surface area contributed by atoms with E-state index in [0.29, 0.717) is 30.2 Å². The number of hydrogen-bond donors (Lipinski definition) is 1. The van der Waals surface area contributed by atoms with Gasteiger partial charge >= 0.3 is 0 Å². The van der Waals surface area contributed by atoms with Crippen LogP contribution in [0.15, 0.2) is 48.5 Å². The van der Waals surface area contributed by atoms with Crippen LogP contribution in [0.1, 0.15) is 42.2 Å². The number of aryl methyl sites for hydroxylation is 1. The first-order valence-corrected chi connectivity index (χ1v) is 10.9. The van der Waals surface area contributed by atoms with E-state index in [0.717, 1.165) is 42.6 Å². The average Bonchev–Trinajstić information content (AvgIpc) is 3.28. The van der Waals surface area contributed by atoms with Gasteiger partial charge in [-0.1, -0.05) is 6.42 Å². The monoisotopic (exact) mass is 439 g/mol. The zero-order valence-electron chi connectivity index (χ0n) is 18.9. The van der Waals surface area contributed by atoms with Crippen LogP contribution in [0.5, 0.6) is 11.5 Å². The van der Waals surface area contributed by atoms with Gasteiger partial charge in [-0.15, -0.1) is 0 Å². The largest absolute Gasteiger partial charge is 0.493 e. The van der Waals surface area contributed by atoms with Crippen LogP contribution in [-0.2, 0) is 6.42 Å². The van der Waals surface area contributed by atoms with Crippen molar-refractivity contribution in [3.63, 3.8) is 0 Å². The normalized spacial score (nSPS) is 10.8. The first kappa shape index (κ1) is 23.3. The van der Waals surface area contributed by atoms with Crippen LogP contribution in [-0.4, -0.2) is 48.3 Å². The van der Waals surface area contributed by atoms with Crippen molar-refractivity contribution in [2.45, 2.75) is 32.6 Å². The quantitative estimate of drug-likeness (QED) is 0.422. The Morgan fingerprint density at radius 1 is 1.06 bits per heavy atom. The van der Waals surface area contributed by atoms with Gasteiger partial charge in [0, 0.05) is 30.4 Å². The molecule has 0 bridgehead atoms. The molecule has 2 aromatic carbocycles. The number of hydrogen-bond acceptors (Lipinski definition) is 4. The fourth-order valence-corrected chi connectivity index (χ4v) is 3.50. The van der Waals surface area contributed by atoms with E-state index in [2.05, 4.69) is 10.2 Å². The second-order valence-electron chi connectivity index (χ2n) is 7.62. The van der Waals surface area contributed by atoms with Crippen molar-refractivity contribution in [2.24, 2.45) is 0 Å². The average molecular weight is 440 g/mol. The number of methoxy groups -OCH3 is 1. The minimum absolute atomic E-state index is 0.0381. The molecule has 3 aromatic rings. The molecule has 0 saturated heterocycles. The summed E-state index contributed by atoms with van der Waals surface area (Å²) in [6, 6.07) is 13.6. The lowest BCUT2D eigenvalue weighted by molar-refractivity contribution is 0.0792. The molecule has 170 valence electrons. The molecule has 0 aliphatic heterocycles. The summed E-state index contributed by atoms with van der Waals surface area (Å²) in [7, 11) is 3.38. The molecule has 0 saturated carbocycles. The van der Waals surface area contributed by atoms with Crippen LogP contribution in [0.2, 0.25) is 0 Å². The number of halogens is 1. The Balaban J connectivity index is 1.43. The highest BCUT2D eigenvalue weighted by Gasteiger charge is 2.14. The molecular formula is C25H30FN3O3. The van der Waals surface area contributed by atoms with E-state index in [-0.39, 0.29) is 11.7 Å². The van der Waals surface area contributed by atoms with Crippen LogP contribution in [0.3, 0.4) is 0 Å². The van der Waals surface area contributed by atoms with E-state index in [1.807, 2.05) is 20.0 Å². The minimum atomic E-state index is -0.255. The number of aromatic amines is 1. The predicted octanol–water partition coefficient (Wildman–Crippen LogP) is 5.11. The molecule has 0 spiro atoms. The minimum Gasteiger partial charge on any atom is -0.493 e. The second kappa shape index (κ2) is 11.3. The van der Waals surface area contributed by atoms with Crippen LogP contribution in [0, 0.1) is 5.82 Å². The highest BCUT2D eigenvalue weighted by molar-refractivity contribution is 5.94. The summed E-state index contributed by atoms with van der Waals surface area (Å²) >= 11 is 0. The van der Waals surface area contributed by atoms with Crippen molar-refractivity contribution < 1.29 is 18.7 Å². The van der Waals surface area contributed by atoms with Gasteiger partial charge < -0.3 is 14.4 Å². The summed E-state index contributed by atoms with van der Waals surface area (Å²) in [6.07, 6.45) is 3.77. The van der Waals surface area contributed by atoms with Crippen LogP contribution in [0.4, 0.5) is 4.39 Å². The smallest absolute Gasteiger partial charge is 0.253 e. The third-order valence-electron chi connectivity index (χ3n) is 5.27. The van der Waals surface area contributed by atoms with Gasteiger partial charge in [-0.05, 0) is 74.7 Å². The first-order valence-electron chi connectivity index (χ1n) is 10.9. The molecule has 1 heterocycles. The van der Waals surface area contributed by atoms with Crippen LogP contribution < -0.4 is 9.47 Å². The van der Waals surface area contributed by atoms with Gasteiger partial charge in [-0.3, -0.25) is 9.89 Å². The van der Waals surface area contributed by atoms with Crippen molar-refractivity contribution in [1.29, 1.82) is 0 Å². The Labute approximate surface area is 188 Å². The number of rotatable bonds is 11. The fraction of sp³-hybridized carbons (Fsp3) is 0.360. The Morgan fingerprint density at radius 2 is 1.84 bits per heavy atom. The summed E-state index contributed by atoms with van der Waals surface area (Å²) < 4.78 is 23.9. The van der Waals surface area contributed by atoms with Gasteiger partial charge in [0.2, 0.25) is 0 Å². The van der Waals surface area contributed by atoms with Crippen molar-refractivity contribution in [2.75, 3.05) is 27.3 Å². The Hall–Kier alpha value is -3.35. The molecular weight excluding hydrogens is 409 g/mol. The molecule has 1 N–H and O–H groups in total. The maximum absolute atomic E-state index is 13.1. The summed E-state index contributed by atoms with van der Waals surface area (Å²) in [5, 5.41) is 7.36. The van der Waals surface area contributed by atoms with E-state index < -0.39 is 0 Å². The number of unbranched alkanes of at least 4 members (excludes halogenated alkanes) is 2. The van der Waals surface area contributed by atoms with Gasteiger partial charge in [0.25, 0.3) is 5.91 Å². The molecule has 32 heavy (non-hydrogen) atoms. The standard InChI is InChI=1S/C25H30FN3O3/c1-4-32-23-14-11-19(16-24(23)31-3)25(30)29(2)15-7-5-6-8-21-17-22(28-27-21)18-9-12-20(26)13-10-18/h9-14,16-17H,4-8,15H2,1-3H3,(H,27,28). The number of nitrogens with one attached hydrogen (secondary N) is 1. The van der Waals surface area contributed by atoms with E-state index in [9.17, 15) is 9.18 Å². The number of nitrogens with zero attached hydrogens (tertiary/aromatic N) is 2. The molecule has 3 rings (SSSR count). The van der Waals surface area contributed by atoms with Crippen molar-refractivity contribution >= 4 is 5.91 Å². The maximum atomic E-state index is 13.1. The Morgan fingerprint density at radius 3 is 2.56 bits per heavy atom. The zero-order chi connectivity index (χ0) is 22.9. The molecule has 7 heteroatoms. The molecule has 0 radical (unpaired) electrons. The lowest BCUT2D eigenvalue weighted by atomic mass is 10.1. The molecule has 0 unspecified atom stereocenters. The summed E-state index contributed by atoms with van der Waals surface area (Å²) in [6.45, 7) is 3.12. The van der Waals surface area contributed by atoms with Crippen LogP contribution in [0.25, 0.3) is 11.3 Å². The number of H-pyrrole nitrogens is 1. The molecule has 6 nitrogen and oxygen atoms in total. The predicted molar refractivity (Wildman–Crippen MR) is 123 cm³/mol. The Bertz CT molecular complexity index is 1020.